The van der Waals surface area contributed by atoms with Gasteiger partial charge in [-0.25, -0.2) is 0 Å². The Hall–Kier alpha value is -1.51. The molecule has 2 N–H and O–H groups in total. The Kier molecular flexibility index (Phi) is 5.61. The lowest BCUT2D eigenvalue weighted by molar-refractivity contribution is 0.0924. The number of amides is 1. The maximum Gasteiger partial charge on any atom is 0.251 e. The molecule has 0 saturated heterocycles. The summed E-state index contributed by atoms with van der Waals surface area (Å²) in [7, 11) is 0. The lowest BCUT2D eigenvalue weighted by Gasteiger charge is -2.29. The molecule has 1 amide bonds. The molecule has 0 radical (unpaired) electrons. The minimum absolute atomic E-state index is 0.0132. The van der Waals surface area contributed by atoms with Crippen molar-refractivity contribution in [2.24, 2.45) is 11.3 Å². The zero-order valence-electron chi connectivity index (χ0n) is 13.6. The number of carbonyl (C=O) groups excluding carboxylic acids is 1. The third-order valence-electron chi connectivity index (χ3n) is 4.12. The minimum Gasteiger partial charge on any atom is -0.385 e. The van der Waals surface area contributed by atoms with Crippen molar-refractivity contribution in [3.63, 3.8) is 0 Å². The summed E-state index contributed by atoms with van der Waals surface area (Å²) < 4.78 is 0. The van der Waals surface area contributed by atoms with E-state index in [1.54, 1.807) is 0 Å². The standard InChI is InChI=1S/C17H28N2O/c1-7-18-14-8-9-15(13(4)10-14)16(20)19-11-17(5,6)12(2)3/h8-10,12,18H,7,11H2,1-6H3,(H,19,20). The van der Waals surface area contributed by atoms with Crippen molar-refractivity contribution in [2.45, 2.75) is 41.5 Å². The largest absolute Gasteiger partial charge is 0.385 e. The molecular formula is C17H28N2O. The van der Waals surface area contributed by atoms with Crippen LogP contribution in [0, 0.1) is 18.3 Å². The molecule has 0 heterocycles. The highest BCUT2D eigenvalue weighted by atomic mass is 16.1. The summed E-state index contributed by atoms with van der Waals surface area (Å²) in [6, 6.07) is 5.87. The second-order valence-corrected chi connectivity index (χ2v) is 6.39. The van der Waals surface area contributed by atoms with Crippen LogP contribution in [0.5, 0.6) is 0 Å². The summed E-state index contributed by atoms with van der Waals surface area (Å²) in [6.07, 6.45) is 0. The third-order valence-corrected chi connectivity index (χ3v) is 4.12. The highest BCUT2D eigenvalue weighted by Gasteiger charge is 2.23. The Bertz CT molecular complexity index is 464. The van der Waals surface area contributed by atoms with Crippen molar-refractivity contribution >= 4 is 11.6 Å². The number of carbonyl (C=O) groups is 1. The van der Waals surface area contributed by atoms with Crippen molar-refractivity contribution in [2.75, 3.05) is 18.4 Å². The molecule has 1 rings (SSSR count). The van der Waals surface area contributed by atoms with Gasteiger partial charge in [0.15, 0.2) is 0 Å². The number of benzene rings is 1. The minimum atomic E-state index is 0.0132. The van der Waals surface area contributed by atoms with Crippen LogP contribution in [-0.2, 0) is 0 Å². The van der Waals surface area contributed by atoms with Gasteiger partial charge in [0.2, 0.25) is 0 Å². The molecule has 0 unspecified atom stereocenters. The average Bonchev–Trinajstić information content (AvgIpc) is 2.36. The fourth-order valence-corrected chi connectivity index (χ4v) is 1.84. The Labute approximate surface area is 123 Å². The summed E-state index contributed by atoms with van der Waals surface area (Å²) in [4.78, 5) is 12.3. The van der Waals surface area contributed by atoms with Gasteiger partial charge in [0.05, 0.1) is 0 Å². The third kappa shape index (κ3) is 4.26. The molecule has 3 heteroatoms. The maximum atomic E-state index is 12.3. The van der Waals surface area contributed by atoms with Crippen LogP contribution in [-0.4, -0.2) is 19.0 Å². The Morgan fingerprint density at radius 2 is 1.95 bits per heavy atom. The normalized spacial score (nSPS) is 11.6. The van der Waals surface area contributed by atoms with Gasteiger partial charge in [-0.05, 0) is 48.9 Å². The summed E-state index contributed by atoms with van der Waals surface area (Å²) >= 11 is 0. The first-order valence-corrected chi connectivity index (χ1v) is 7.40. The van der Waals surface area contributed by atoms with Crippen molar-refractivity contribution in [3.05, 3.63) is 29.3 Å². The van der Waals surface area contributed by atoms with E-state index in [0.29, 0.717) is 12.5 Å². The van der Waals surface area contributed by atoms with Crippen molar-refractivity contribution in [1.82, 2.24) is 5.32 Å². The molecule has 0 aliphatic heterocycles. The molecule has 1 aromatic carbocycles. The van der Waals surface area contributed by atoms with E-state index in [1.165, 1.54) is 0 Å². The van der Waals surface area contributed by atoms with Crippen LogP contribution < -0.4 is 10.6 Å². The van der Waals surface area contributed by atoms with Gasteiger partial charge in [-0.3, -0.25) is 4.79 Å². The molecule has 0 aliphatic rings. The smallest absolute Gasteiger partial charge is 0.251 e. The quantitative estimate of drug-likeness (QED) is 0.829. The average molecular weight is 276 g/mol. The van der Waals surface area contributed by atoms with E-state index in [0.717, 1.165) is 23.4 Å². The SMILES string of the molecule is CCNc1ccc(C(=O)NCC(C)(C)C(C)C)c(C)c1. The molecular weight excluding hydrogens is 248 g/mol. The first-order valence-electron chi connectivity index (χ1n) is 7.40. The van der Waals surface area contributed by atoms with Crippen LogP contribution in [0.3, 0.4) is 0 Å². The number of hydrogen-bond acceptors (Lipinski definition) is 2. The second kappa shape index (κ2) is 6.78. The van der Waals surface area contributed by atoms with Crippen LogP contribution in [0.2, 0.25) is 0 Å². The number of anilines is 1. The summed E-state index contributed by atoms with van der Waals surface area (Å²) in [5.74, 6) is 0.541. The van der Waals surface area contributed by atoms with E-state index in [9.17, 15) is 4.79 Å². The summed E-state index contributed by atoms with van der Waals surface area (Å²) in [5, 5.41) is 6.31. The first kappa shape index (κ1) is 16.5. The van der Waals surface area contributed by atoms with E-state index >= 15 is 0 Å². The highest BCUT2D eigenvalue weighted by molar-refractivity contribution is 5.96. The Balaban J connectivity index is 2.73. The van der Waals surface area contributed by atoms with Crippen molar-refractivity contribution in [3.8, 4) is 0 Å². The molecule has 20 heavy (non-hydrogen) atoms. The van der Waals surface area contributed by atoms with Gasteiger partial charge in [-0.15, -0.1) is 0 Å². The van der Waals surface area contributed by atoms with Gasteiger partial charge in [0.1, 0.15) is 0 Å². The maximum absolute atomic E-state index is 12.3. The van der Waals surface area contributed by atoms with Crippen LogP contribution in [0.1, 0.15) is 50.5 Å². The molecule has 0 aromatic heterocycles. The van der Waals surface area contributed by atoms with Gasteiger partial charge in [-0.1, -0.05) is 27.7 Å². The van der Waals surface area contributed by atoms with Crippen LogP contribution in [0.4, 0.5) is 5.69 Å². The van der Waals surface area contributed by atoms with E-state index < -0.39 is 0 Å². The molecule has 3 nitrogen and oxygen atoms in total. The van der Waals surface area contributed by atoms with E-state index in [2.05, 4.69) is 45.3 Å². The van der Waals surface area contributed by atoms with Crippen LogP contribution >= 0.6 is 0 Å². The van der Waals surface area contributed by atoms with Crippen molar-refractivity contribution < 1.29 is 4.79 Å². The van der Waals surface area contributed by atoms with Crippen LogP contribution in [0.15, 0.2) is 18.2 Å². The number of rotatable bonds is 6. The van der Waals surface area contributed by atoms with E-state index in [1.807, 2.05) is 25.1 Å². The lowest BCUT2D eigenvalue weighted by Crippen LogP contribution is -2.37. The van der Waals surface area contributed by atoms with Gasteiger partial charge in [0, 0.05) is 24.3 Å². The van der Waals surface area contributed by atoms with E-state index in [-0.39, 0.29) is 11.3 Å². The first-order chi connectivity index (χ1) is 9.27. The van der Waals surface area contributed by atoms with Gasteiger partial charge < -0.3 is 10.6 Å². The topological polar surface area (TPSA) is 41.1 Å². The number of aryl methyl sites for hydroxylation is 1. The monoisotopic (exact) mass is 276 g/mol. The molecule has 0 saturated carbocycles. The number of hydrogen-bond donors (Lipinski definition) is 2. The summed E-state index contributed by atoms with van der Waals surface area (Å²) in [6.45, 7) is 14.3. The zero-order chi connectivity index (χ0) is 15.3. The zero-order valence-corrected chi connectivity index (χ0v) is 13.6. The molecule has 0 spiro atoms. The number of nitrogens with one attached hydrogen (secondary N) is 2. The molecule has 0 atom stereocenters. The predicted octanol–water partition coefficient (Wildman–Crippen LogP) is 3.84. The fourth-order valence-electron chi connectivity index (χ4n) is 1.84. The molecule has 112 valence electrons. The second-order valence-electron chi connectivity index (χ2n) is 6.39. The fraction of sp³-hybridized carbons (Fsp3) is 0.588. The Morgan fingerprint density at radius 1 is 1.30 bits per heavy atom. The van der Waals surface area contributed by atoms with Crippen molar-refractivity contribution in [1.29, 1.82) is 0 Å². The molecule has 1 aromatic rings. The predicted molar refractivity (Wildman–Crippen MR) is 86.3 cm³/mol. The van der Waals surface area contributed by atoms with Gasteiger partial charge >= 0.3 is 0 Å². The highest BCUT2D eigenvalue weighted by Crippen LogP contribution is 2.25. The van der Waals surface area contributed by atoms with E-state index in [4.69, 9.17) is 0 Å². The Morgan fingerprint density at radius 3 is 2.45 bits per heavy atom. The lowest BCUT2D eigenvalue weighted by atomic mass is 9.81. The van der Waals surface area contributed by atoms with Gasteiger partial charge in [-0.2, -0.15) is 0 Å². The molecule has 0 bridgehead atoms. The molecule has 0 fully saturated rings. The van der Waals surface area contributed by atoms with Gasteiger partial charge in [0.25, 0.3) is 5.91 Å². The molecule has 0 aliphatic carbocycles. The summed E-state index contributed by atoms with van der Waals surface area (Å²) in [5.41, 5.74) is 2.92. The van der Waals surface area contributed by atoms with Crippen LogP contribution in [0.25, 0.3) is 0 Å².